The Bertz CT molecular complexity index is 544. The molecule has 6 heteroatoms. The van der Waals surface area contributed by atoms with Gasteiger partial charge in [0.2, 0.25) is 5.91 Å². The summed E-state index contributed by atoms with van der Waals surface area (Å²) in [6, 6.07) is 6.68. The van der Waals surface area contributed by atoms with Crippen molar-refractivity contribution in [3.63, 3.8) is 0 Å². The number of hydrogen-bond acceptors (Lipinski definition) is 3. The van der Waals surface area contributed by atoms with E-state index in [1.54, 1.807) is 12.1 Å². The van der Waals surface area contributed by atoms with E-state index in [0.29, 0.717) is 17.7 Å². The summed E-state index contributed by atoms with van der Waals surface area (Å²) in [6.45, 7) is 2.77. The molecule has 0 atom stereocenters. The Kier molecular flexibility index (Phi) is 5.82. The molecule has 22 heavy (non-hydrogen) atoms. The molecule has 0 unspecified atom stereocenters. The van der Waals surface area contributed by atoms with E-state index in [2.05, 4.69) is 33.1 Å². The van der Waals surface area contributed by atoms with Gasteiger partial charge in [0, 0.05) is 18.3 Å². The maximum Gasteiger partial charge on any atom is 0.246 e. The molecule has 0 heterocycles. The minimum Gasteiger partial charge on any atom is -0.508 e. The third-order valence-corrected chi connectivity index (χ3v) is 3.22. The molecule has 0 radical (unpaired) electrons. The highest BCUT2D eigenvalue weighted by molar-refractivity contribution is 5.94. The van der Waals surface area contributed by atoms with Gasteiger partial charge in [0.15, 0.2) is 5.96 Å². The van der Waals surface area contributed by atoms with E-state index in [1.807, 2.05) is 6.92 Å². The molecular weight excluding hydrogens is 280 g/mol. The van der Waals surface area contributed by atoms with Crippen molar-refractivity contribution in [2.75, 3.05) is 18.4 Å². The number of anilines is 1. The number of phenolic OH excluding ortho intramolecular Hbond substituents is 1. The van der Waals surface area contributed by atoms with Gasteiger partial charge in [-0.2, -0.15) is 0 Å². The molecule has 0 fully saturated rings. The van der Waals surface area contributed by atoms with Crippen molar-refractivity contribution < 1.29 is 9.90 Å². The highest BCUT2D eigenvalue weighted by atomic mass is 16.3. The number of amides is 1. The third kappa shape index (κ3) is 5.12. The van der Waals surface area contributed by atoms with Crippen LogP contribution >= 0.6 is 0 Å². The molecular formula is C16H22N4O2. The van der Waals surface area contributed by atoms with Crippen LogP contribution in [0.5, 0.6) is 5.75 Å². The second-order valence-electron chi connectivity index (χ2n) is 5.07. The Balaban J connectivity index is 1.85. The van der Waals surface area contributed by atoms with Crippen LogP contribution in [0.25, 0.3) is 0 Å². The first-order valence-electron chi connectivity index (χ1n) is 7.46. The molecule has 1 aromatic carbocycles. The zero-order chi connectivity index (χ0) is 15.8. The summed E-state index contributed by atoms with van der Waals surface area (Å²) in [6.07, 6.45) is 6.23. The molecule has 0 aliphatic heterocycles. The fourth-order valence-corrected chi connectivity index (χ4v) is 2.14. The van der Waals surface area contributed by atoms with Crippen molar-refractivity contribution in [3.05, 3.63) is 36.4 Å². The molecule has 1 amide bonds. The monoisotopic (exact) mass is 302 g/mol. The topological polar surface area (TPSA) is 85.8 Å². The van der Waals surface area contributed by atoms with Gasteiger partial charge < -0.3 is 21.1 Å². The number of benzene rings is 1. The molecule has 0 bridgehead atoms. The van der Waals surface area contributed by atoms with Crippen LogP contribution in [0.4, 0.5) is 5.69 Å². The molecule has 2 rings (SSSR count). The normalized spacial score (nSPS) is 14.9. The van der Waals surface area contributed by atoms with Crippen LogP contribution < -0.4 is 16.0 Å². The first-order valence-corrected chi connectivity index (χ1v) is 7.46. The summed E-state index contributed by atoms with van der Waals surface area (Å²) in [7, 11) is 0. The largest absolute Gasteiger partial charge is 0.508 e. The van der Waals surface area contributed by atoms with Crippen molar-refractivity contribution in [3.8, 4) is 5.75 Å². The minimum absolute atomic E-state index is 0.0381. The van der Waals surface area contributed by atoms with Gasteiger partial charge >= 0.3 is 0 Å². The van der Waals surface area contributed by atoms with Gasteiger partial charge in [-0.15, -0.1) is 0 Å². The van der Waals surface area contributed by atoms with Crippen LogP contribution in [0.3, 0.4) is 0 Å². The van der Waals surface area contributed by atoms with Crippen LogP contribution in [0.1, 0.15) is 19.8 Å². The number of rotatable bonds is 5. The van der Waals surface area contributed by atoms with Crippen molar-refractivity contribution in [2.24, 2.45) is 4.99 Å². The Hall–Kier alpha value is -2.50. The van der Waals surface area contributed by atoms with E-state index in [9.17, 15) is 9.90 Å². The Morgan fingerprint density at radius 3 is 2.59 bits per heavy atom. The van der Waals surface area contributed by atoms with Gasteiger partial charge in [-0.25, -0.2) is 4.99 Å². The number of guanidine groups is 1. The average molecular weight is 302 g/mol. The van der Waals surface area contributed by atoms with Gasteiger partial charge in [0.25, 0.3) is 0 Å². The zero-order valence-electron chi connectivity index (χ0n) is 12.7. The number of nitrogens with zero attached hydrogens (tertiary/aromatic N) is 1. The highest BCUT2D eigenvalue weighted by Gasteiger charge is 2.11. The lowest BCUT2D eigenvalue weighted by Crippen LogP contribution is -2.42. The van der Waals surface area contributed by atoms with Crippen LogP contribution in [0, 0.1) is 0 Å². The Morgan fingerprint density at radius 1 is 1.27 bits per heavy atom. The zero-order valence-corrected chi connectivity index (χ0v) is 12.7. The Morgan fingerprint density at radius 2 is 1.95 bits per heavy atom. The lowest BCUT2D eigenvalue weighted by molar-refractivity contribution is -0.114. The number of carbonyl (C=O) groups is 1. The molecule has 1 aliphatic rings. The number of phenols is 1. The molecule has 0 aromatic heterocycles. The van der Waals surface area contributed by atoms with E-state index in [0.717, 1.165) is 19.4 Å². The van der Waals surface area contributed by atoms with Crippen molar-refractivity contribution >= 4 is 17.6 Å². The standard InChI is InChI=1S/C16H22N4O2/c1-2-17-16(20-12-5-3-4-6-12)18-11-15(22)19-13-7-9-14(21)10-8-13/h3-4,7-10,12,21H,2,5-6,11H2,1H3,(H,19,22)(H2,17,18,20). The average Bonchev–Trinajstić information content (AvgIpc) is 3.00. The molecule has 0 saturated carbocycles. The second-order valence-corrected chi connectivity index (χ2v) is 5.07. The first kappa shape index (κ1) is 15.9. The lowest BCUT2D eigenvalue weighted by Gasteiger charge is -2.16. The quantitative estimate of drug-likeness (QED) is 0.288. The molecule has 0 spiro atoms. The Labute approximate surface area is 130 Å². The van der Waals surface area contributed by atoms with Crippen molar-refractivity contribution in [2.45, 2.75) is 25.8 Å². The van der Waals surface area contributed by atoms with Crippen LogP contribution in [-0.4, -0.2) is 36.1 Å². The molecule has 4 N–H and O–H groups in total. The third-order valence-electron chi connectivity index (χ3n) is 3.22. The van der Waals surface area contributed by atoms with Crippen LogP contribution in [0.15, 0.2) is 41.4 Å². The van der Waals surface area contributed by atoms with Gasteiger partial charge in [0.05, 0.1) is 0 Å². The molecule has 6 nitrogen and oxygen atoms in total. The number of hydrogen-bond donors (Lipinski definition) is 4. The molecule has 0 saturated heterocycles. The minimum atomic E-state index is -0.201. The lowest BCUT2D eigenvalue weighted by atomic mass is 10.2. The van der Waals surface area contributed by atoms with Gasteiger partial charge in [-0.1, -0.05) is 12.2 Å². The fourth-order valence-electron chi connectivity index (χ4n) is 2.14. The number of carbonyl (C=O) groups excluding carboxylic acids is 1. The summed E-state index contributed by atoms with van der Waals surface area (Å²) < 4.78 is 0. The van der Waals surface area contributed by atoms with E-state index >= 15 is 0 Å². The maximum atomic E-state index is 11.9. The van der Waals surface area contributed by atoms with Gasteiger partial charge in [0.1, 0.15) is 12.3 Å². The first-order chi connectivity index (χ1) is 10.7. The van der Waals surface area contributed by atoms with E-state index in [-0.39, 0.29) is 18.2 Å². The highest BCUT2D eigenvalue weighted by Crippen LogP contribution is 2.13. The molecule has 1 aliphatic carbocycles. The summed E-state index contributed by atoms with van der Waals surface area (Å²) in [5, 5.41) is 18.4. The summed E-state index contributed by atoms with van der Waals surface area (Å²) >= 11 is 0. The van der Waals surface area contributed by atoms with Crippen molar-refractivity contribution in [1.82, 2.24) is 10.6 Å². The van der Waals surface area contributed by atoms with E-state index in [4.69, 9.17) is 0 Å². The summed E-state index contributed by atoms with van der Waals surface area (Å²) in [5.41, 5.74) is 0.635. The van der Waals surface area contributed by atoms with E-state index < -0.39 is 0 Å². The predicted octanol–water partition coefficient (Wildman–Crippen LogP) is 1.60. The summed E-state index contributed by atoms with van der Waals surface area (Å²) in [4.78, 5) is 16.2. The van der Waals surface area contributed by atoms with Crippen LogP contribution in [0.2, 0.25) is 0 Å². The molecule has 118 valence electrons. The number of nitrogens with one attached hydrogen (secondary N) is 3. The van der Waals surface area contributed by atoms with Crippen LogP contribution in [-0.2, 0) is 4.79 Å². The smallest absolute Gasteiger partial charge is 0.246 e. The predicted molar refractivity (Wildman–Crippen MR) is 88.0 cm³/mol. The van der Waals surface area contributed by atoms with Crippen molar-refractivity contribution in [1.29, 1.82) is 0 Å². The second kappa shape index (κ2) is 8.07. The van der Waals surface area contributed by atoms with E-state index in [1.165, 1.54) is 12.1 Å². The SMILES string of the molecule is CCNC(=NCC(=O)Nc1ccc(O)cc1)NC1CC=CC1. The van der Waals surface area contributed by atoms with Gasteiger partial charge in [-0.05, 0) is 44.0 Å². The summed E-state index contributed by atoms with van der Waals surface area (Å²) in [5.74, 6) is 0.615. The maximum absolute atomic E-state index is 11.9. The number of aliphatic imine (C=N–C) groups is 1. The number of aromatic hydroxyl groups is 1. The van der Waals surface area contributed by atoms with Gasteiger partial charge in [-0.3, -0.25) is 4.79 Å². The molecule has 1 aromatic rings. The fraction of sp³-hybridized carbons (Fsp3) is 0.375.